The summed E-state index contributed by atoms with van der Waals surface area (Å²) in [6.07, 6.45) is 4.89. The molecule has 1 rings (SSSR count). The van der Waals surface area contributed by atoms with Crippen LogP contribution in [0.1, 0.15) is 32.6 Å². The Morgan fingerprint density at radius 2 is 2.30 bits per heavy atom. The van der Waals surface area contributed by atoms with Gasteiger partial charge in [0.25, 0.3) is 0 Å². The first-order valence-corrected chi connectivity index (χ1v) is 4.11. The van der Waals surface area contributed by atoms with Crippen LogP contribution in [0, 0.1) is 0 Å². The Morgan fingerprint density at radius 1 is 1.60 bits per heavy atom. The summed E-state index contributed by atoms with van der Waals surface area (Å²) in [6.45, 7) is 2.26. The van der Waals surface area contributed by atoms with E-state index in [-0.39, 0.29) is 0 Å². The second-order valence-electron chi connectivity index (χ2n) is 3.67. The van der Waals surface area contributed by atoms with Gasteiger partial charge in [-0.3, -0.25) is 0 Å². The van der Waals surface area contributed by atoms with Crippen molar-refractivity contribution in [2.75, 3.05) is 7.05 Å². The van der Waals surface area contributed by atoms with Crippen molar-refractivity contribution in [3.63, 3.8) is 0 Å². The lowest BCUT2D eigenvalue weighted by atomic mass is 9.81. The highest BCUT2D eigenvalue weighted by atomic mass is 14.9. The predicted octanol–water partition coefficient (Wildman–Crippen LogP) is 0.866. The molecule has 2 nitrogen and oxygen atoms in total. The second kappa shape index (κ2) is 2.89. The molecular weight excluding hydrogens is 124 g/mol. The van der Waals surface area contributed by atoms with Crippen molar-refractivity contribution in [3.8, 4) is 0 Å². The SMILES string of the molecule is CNC1(C)CCCC(N)C1. The van der Waals surface area contributed by atoms with Gasteiger partial charge in [-0.05, 0) is 33.2 Å². The van der Waals surface area contributed by atoms with Crippen LogP contribution >= 0.6 is 0 Å². The van der Waals surface area contributed by atoms with Gasteiger partial charge >= 0.3 is 0 Å². The Bertz CT molecular complexity index is 114. The molecule has 1 aliphatic carbocycles. The average molecular weight is 142 g/mol. The third-order valence-corrected chi connectivity index (χ3v) is 2.62. The van der Waals surface area contributed by atoms with Crippen LogP contribution in [0.15, 0.2) is 0 Å². The molecule has 2 unspecified atom stereocenters. The highest BCUT2D eigenvalue weighted by molar-refractivity contribution is 4.89. The standard InChI is InChI=1S/C8H18N2/c1-8(10-2)5-3-4-7(9)6-8/h7,10H,3-6,9H2,1-2H3. The van der Waals surface area contributed by atoms with E-state index in [1.54, 1.807) is 0 Å². The first-order valence-electron chi connectivity index (χ1n) is 4.11. The van der Waals surface area contributed by atoms with E-state index in [0.29, 0.717) is 11.6 Å². The zero-order valence-electron chi connectivity index (χ0n) is 6.98. The Balaban J connectivity index is 2.45. The predicted molar refractivity (Wildman–Crippen MR) is 43.9 cm³/mol. The molecular formula is C8H18N2. The van der Waals surface area contributed by atoms with E-state index in [1.807, 2.05) is 7.05 Å². The maximum Gasteiger partial charge on any atom is 0.0165 e. The molecule has 0 aromatic carbocycles. The lowest BCUT2D eigenvalue weighted by Gasteiger charge is -2.36. The molecule has 0 aromatic rings. The Hall–Kier alpha value is -0.0800. The number of hydrogen-bond donors (Lipinski definition) is 2. The van der Waals surface area contributed by atoms with Gasteiger partial charge < -0.3 is 11.1 Å². The van der Waals surface area contributed by atoms with E-state index >= 15 is 0 Å². The van der Waals surface area contributed by atoms with E-state index in [0.717, 1.165) is 6.42 Å². The van der Waals surface area contributed by atoms with Crippen LogP contribution in [0.3, 0.4) is 0 Å². The topological polar surface area (TPSA) is 38.0 Å². The normalized spacial score (nSPS) is 41.7. The van der Waals surface area contributed by atoms with Gasteiger partial charge in [0.15, 0.2) is 0 Å². The highest BCUT2D eigenvalue weighted by Crippen LogP contribution is 2.26. The Morgan fingerprint density at radius 3 is 2.70 bits per heavy atom. The van der Waals surface area contributed by atoms with Gasteiger partial charge in [-0.15, -0.1) is 0 Å². The molecule has 1 fully saturated rings. The van der Waals surface area contributed by atoms with Gasteiger partial charge in [0.2, 0.25) is 0 Å². The molecule has 0 saturated heterocycles. The first-order chi connectivity index (χ1) is 4.66. The van der Waals surface area contributed by atoms with Gasteiger partial charge in [-0.1, -0.05) is 6.42 Å². The first kappa shape index (κ1) is 8.02. The Labute approximate surface area is 63.2 Å². The minimum atomic E-state index is 0.317. The minimum Gasteiger partial charge on any atom is -0.328 e. The number of rotatable bonds is 1. The lowest BCUT2D eigenvalue weighted by Crippen LogP contribution is -2.47. The molecule has 0 amide bonds. The van der Waals surface area contributed by atoms with Gasteiger partial charge in [-0.25, -0.2) is 0 Å². The molecule has 0 radical (unpaired) electrons. The number of hydrogen-bond acceptors (Lipinski definition) is 2. The molecule has 0 aromatic heterocycles. The zero-order valence-corrected chi connectivity index (χ0v) is 6.98. The molecule has 2 heteroatoms. The molecule has 60 valence electrons. The maximum atomic E-state index is 5.85. The highest BCUT2D eigenvalue weighted by Gasteiger charge is 2.28. The van der Waals surface area contributed by atoms with Crippen molar-refractivity contribution in [1.29, 1.82) is 0 Å². The third-order valence-electron chi connectivity index (χ3n) is 2.62. The van der Waals surface area contributed by atoms with Gasteiger partial charge in [0.1, 0.15) is 0 Å². The maximum absolute atomic E-state index is 5.85. The molecule has 0 heterocycles. The fraction of sp³-hybridized carbons (Fsp3) is 1.00. The van der Waals surface area contributed by atoms with Crippen LogP contribution in [-0.2, 0) is 0 Å². The Kier molecular flexibility index (Phi) is 2.32. The van der Waals surface area contributed by atoms with Crippen LogP contribution in [0.25, 0.3) is 0 Å². The van der Waals surface area contributed by atoms with Crippen molar-refractivity contribution in [1.82, 2.24) is 5.32 Å². The van der Waals surface area contributed by atoms with Crippen LogP contribution in [0.4, 0.5) is 0 Å². The van der Waals surface area contributed by atoms with E-state index in [9.17, 15) is 0 Å². The molecule has 0 spiro atoms. The molecule has 0 aliphatic heterocycles. The fourth-order valence-electron chi connectivity index (χ4n) is 1.76. The van der Waals surface area contributed by atoms with Gasteiger partial charge in [0, 0.05) is 11.6 Å². The summed E-state index contributed by atoms with van der Waals surface area (Å²) in [5, 5.41) is 3.33. The quantitative estimate of drug-likeness (QED) is 0.570. The third kappa shape index (κ3) is 1.70. The van der Waals surface area contributed by atoms with E-state index in [1.165, 1.54) is 19.3 Å². The van der Waals surface area contributed by atoms with Crippen molar-refractivity contribution in [2.24, 2.45) is 5.73 Å². The lowest BCUT2D eigenvalue weighted by molar-refractivity contribution is 0.248. The summed E-state index contributed by atoms with van der Waals surface area (Å²) in [5.74, 6) is 0. The summed E-state index contributed by atoms with van der Waals surface area (Å²) >= 11 is 0. The fourth-order valence-corrected chi connectivity index (χ4v) is 1.76. The largest absolute Gasteiger partial charge is 0.328 e. The van der Waals surface area contributed by atoms with Crippen LogP contribution in [0.5, 0.6) is 0 Å². The van der Waals surface area contributed by atoms with Crippen LogP contribution in [0.2, 0.25) is 0 Å². The molecule has 1 aliphatic rings. The molecule has 2 atom stereocenters. The van der Waals surface area contributed by atoms with Crippen molar-refractivity contribution >= 4 is 0 Å². The minimum absolute atomic E-state index is 0.317. The van der Waals surface area contributed by atoms with Crippen molar-refractivity contribution < 1.29 is 0 Å². The van der Waals surface area contributed by atoms with Gasteiger partial charge in [0.05, 0.1) is 0 Å². The molecule has 3 N–H and O–H groups in total. The molecule has 1 saturated carbocycles. The van der Waals surface area contributed by atoms with Crippen LogP contribution < -0.4 is 11.1 Å². The summed E-state index contributed by atoms with van der Waals surface area (Å²) in [6, 6.07) is 0.422. The summed E-state index contributed by atoms with van der Waals surface area (Å²) in [4.78, 5) is 0. The van der Waals surface area contributed by atoms with E-state index in [4.69, 9.17) is 5.73 Å². The van der Waals surface area contributed by atoms with Crippen molar-refractivity contribution in [2.45, 2.75) is 44.2 Å². The number of nitrogens with one attached hydrogen (secondary N) is 1. The van der Waals surface area contributed by atoms with Crippen LogP contribution in [-0.4, -0.2) is 18.6 Å². The zero-order chi connectivity index (χ0) is 7.61. The van der Waals surface area contributed by atoms with Crippen molar-refractivity contribution in [3.05, 3.63) is 0 Å². The average Bonchev–Trinajstić information content (AvgIpc) is 1.88. The monoisotopic (exact) mass is 142 g/mol. The number of nitrogens with two attached hydrogens (primary N) is 1. The molecule has 0 bridgehead atoms. The smallest absolute Gasteiger partial charge is 0.0165 e. The van der Waals surface area contributed by atoms with E-state index in [2.05, 4.69) is 12.2 Å². The summed E-state index contributed by atoms with van der Waals surface area (Å²) in [5.41, 5.74) is 6.16. The van der Waals surface area contributed by atoms with E-state index < -0.39 is 0 Å². The summed E-state index contributed by atoms with van der Waals surface area (Å²) in [7, 11) is 2.03. The summed E-state index contributed by atoms with van der Waals surface area (Å²) < 4.78 is 0. The second-order valence-corrected chi connectivity index (χ2v) is 3.67. The van der Waals surface area contributed by atoms with Gasteiger partial charge in [-0.2, -0.15) is 0 Å². The molecule has 10 heavy (non-hydrogen) atoms.